The zero-order valence-corrected chi connectivity index (χ0v) is 12.3. The number of carbonyl (C=O) groups is 1. The van der Waals surface area contributed by atoms with E-state index in [4.69, 9.17) is 0 Å². The van der Waals surface area contributed by atoms with Gasteiger partial charge in [0.05, 0.1) is 0 Å². The lowest BCUT2D eigenvalue weighted by Crippen LogP contribution is -2.42. The number of nitrogens with zero attached hydrogens (tertiary/aromatic N) is 1. The van der Waals surface area contributed by atoms with E-state index < -0.39 is 0 Å². The van der Waals surface area contributed by atoms with Crippen LogP contribution in [0.25, 0.3) is 0 Å². The number of amides is 1. The Morgan fingerprint density at radius 3 is 2.38 bits per heavy atom. The Labute approximate surface area is 108 Å². The van der Waals surface area contributed by atoms with E-state index in [9.17, 15) is 4.79 Å². The van der Waals surface area contributed by atoms with E-state index in [1.807, 2.05) is 0 Å². The van der Waals surface area contributed by atoms with E-state index in [0.29, 0.717) is 10.7 Å². The smallest absolute Gasteiger partial charge is 0.225 e. The van der Waals surface area contributed by atoms with Gasteiger partial charge in [-0.2, -0.15) is 0 Å². The SMILES string of the molecule is CCCC(C)C(=O)N1CCC(C(C)Br)CC1. The molecule has 3 heteroatoms. The van der Waals surface area contributed by atoms with Crippen molar-refractivity contribution in [1.29, 1.82) is 0 Å². The first kappa shape index (κ1) is 14.0. The van der Waals surface area contributed by atoms with E-state index in [1.54, 1.807) is 0 Å². The van der Waals surface area contributed by atoms with Gasteiger partial charge < -0.3 is 4.90 Å². The van der Waals surface area contributed by atoms with Gasteiger partial charge in [0, 0.05) is 23.8 Å². The predicted octanol–water partition coefficient (Wildman–Crippen LogP) is 3.44. The first-order chi connectivity index (χ1) is 7.56. The molecule has 2 unspecified atom stereocenters. The summed E-state index contributed by atoms with van der Waals surface area (Å²) in [5.41, 5.74) is 0. The molecule has 1 amide bonds. The minimum Gasteiger partial charge on any atom is -0.342 e. The molecule has 1 heterocycles. The third kappa shape index (κ3) is 3.76. The van der Waals surface area contributed by atoms with Crippen LogP contribution in [0.2, 0.25) is 0 Å². The first-order valence-electron chi connectivity index (χ1n) is 6.49. The fraction of sp³-hybridized carbons (Fsp3) is 0.923. The molecule has 0 spiro atoms. The fourth-order valence-corrected chi connectivity index (χ4v) is 2.98. The number of carbonyl (C=O) groups excluding carboxylic acids is 1. The second-order valence-electron chi connectivity index (χ2n) is 5.03. The second kappa shape index (κ2) is 6.63. The van der Waals surface area contributed by atoms with E-state index >= 15 is 0 Å². The van der Waals surface area contributed by atoms with Gasteiger partial charge in [0.2, 0.25) is 5.91 Å². The predicted molar refractivity (Wildman–Crippen MR) is 71.8 cm³/mol. The molecule has 1 aliphatic heterocycles. The third-order valence-corrected chi connectivity index (χ3v) is 4.39. The molecule has 1 aliphatic rings. The molecule has 1 fully saturated rings. The molecule has 2 atom stereocenters. The molecule has 1 saturated heterocycles. The van der Waals surface area contributed by atoms with Crippen molar-refractivity contribution in [2.45, 2.75) is 51.3 Å². The minimum absolute atomic E-state index is 0.211. The average molecular weight is 290 g/mol. The van der Waals surface area contributed by atoms with Crippen LogP contribution in [0.3, 0.4) is 0 Å². The lowest BCUT2D eigenvalue weighted by atomic mass is 9.93. The van der Waals surface area contributed by atoms with Gasteiger partial charge in [-0.1, -0.05) is 43.1 Å². The number of alkyl halides is 1. The molecule has 0 saturated carbocycles. The molecule has 0 aromatic carbocycles. The lowest BCUT2D eigenvalue weighted by molar-refractivity contribution is -0.136. The summed E-state index contributed by atoms with van der Waals surface area (Å²) in [6, 6.07) is 0. The Hall–Kier alpha value is -0.0500. The van der Waals surface area contributed by atoms with Gasteiger partial charge in [-0.3, -0.25) is 4.79 Å². The zero-order valence-electron chi connectivity index (χ0n) is 10.7. The molecule has 94 valence electrons. The number of rotatable bonds is 4. The van der Waals surface area contributed by atoms with Crippen LogP contribution < -0.4 is 0 Å². The van der Waals surface area contributed by atoms with Gasteiger partial charge in [0.15, 0.2) is 0 Å². The minimum atomic E-state index is 0.211. The molecule has 0 bridgehead atoms. The highest BCUT2D eigenvalue weighted by Gasteiger charge is 2.27. The van der Waals surface area contributed by atoms with Gasteiger partial charge in [-0.25, -0.2) is 0 Å². The Bertz CT molecular complexity index is 222. The molecule has 1 rings (SSSR count). The van der Waals surface area contributed by atoms with E-state index in [1.165, 1.54) is 0 Å². The van der Waals surface area contributed by atoms with Gasteiger partial charge in [0.1, 0.15) is 0 Å². The summed E-state index contributed by atoms with van der Waals surface area (Å²) < 4.78 is 0. The van der Waals surface area contributed by atoms with Gasteiger partial charge in [-0.15, -0.1) is 0 Å². The summed E-state index contributed by atoms with van der Waals surface area (Å²) >= 11 is 3.64. The largest absolute Gasteiger partial charge is 0.342 e. The molecular formula is C13H24BrNO. The number of piperidine rings is 1. The van der Waals surface area contributed by atoms with Gasteiger partial charge in [-0.05, 0) is 25.2 Å². The van der Waals surface area contributed by atoms with Crippen molar-refractivity contribution in [3.63, 3.8) is 0 Å². The van der Waals surface area contributed by atoms with Crippen LogP contribution in [0, 0.1) is 11.8 Å². The van der Waals surface area contributed by atoms with Crippen molar-refractivity contribution in [2.75, 3.05) is 13.1 Å². The quantitative estimate of drug-likeness (QED) is 0.726. The first-order valence-corrected chi connectivity index (χ1v) is 7.40. The summed E-state index contributed by atoms with van der Waals surface area (Å²) in [4.78, 5) is 14.7. The molecule has 0 aromatic heterocycles. The topological polar surface area (TPSA) is 20.3 Å². The van der Waals surface area contributed by atoms with Crippen molar-refractivity contribution < 1.29 is 4.79 Å². The molecule has 2 nitrogen and oxygen atoms in total. The van der Waals surface area contributed by atoms with Crippen LogP contribution >= 0.6 is 15.9 Å². The maximum Gasteiger partial charge on any atom is 0.225 e. The van der Waals surface area contributed by atoms with Crippen LogP contribution in [-0.2, 0) is 4.79 Å². The zero-order chi connectivity index (χ0) is 12.1. The Balaban J connectivity index is 2.38. The van der Waals surface area contributed by atoms with Gasteiger partial charge in [0.25, 0.3) is 0 Å². The van der Waals surface area contributed by atoms with E-state index in [0.717, 1.165) is 44.7 Å². The summed E-state index contributed by atoms with van der Waals surface area (Å²) in [6.45, 7) is 8.32. The van der Waals surface area contributed by atoms with E-state index in [-0.39, 0.29) is 5.92 Å². The van der Waals surface area contributed by atoms with Crippen LogP contribution in [-0.4, -0.2) is 28.7 Å². The number of halogens is 1. The summed E-state index contributed by atoms with van der Waals surface area (Å²) in [7, 11) is 0. The number of hydrogen-bond donors (Lipinski definition) is 0. The van der Waals surface area contributed by atoms with Crippen LogP contribution in [0.1, 0.15) is 46.5 Å². The van der Waals surface area contributed by atoms with Crippen LogP contribution in [0.15, 0.2) is 0 Å². The Morgan fingerprint density at radius 1 is 1.38 bits per heavy atom. The van der Waals surface area contributed by atoms with Crippen LogP contribution in [0.4, 0.5) is 0 Å². The number of hydrogen-bond acceptors (Lipinski definition) is 1. The lowest BCUT2D eigenvalue weighted by Gasteiger charge is -2.34. The van der Waals surface area contributed by atoms with Crippen molar-refractivity contribution in [1.82, 2.24) is 4.90 Å². The normalized spacial score (nSPS) is 21.9. The van der Waals surface area contributed by atoms with Crippen molar-refractivity contribution in [3.05, 3.63) is 0 Å². The van der Waals surface area contributed by atoms with Crippen molar-refractivity contribution in [2.24, 2.45) is 11.8 Å². The van der Waals surface area contributed by atoms with Crippen LogP contribution in [0.5, 0.6) is 0 Å². The monoisotopic (exact) mass is 289 g/mol. The molecule has 0 aliphatic carbocycles. The molecule has 0 radical (unpaired) electrons. The molecule has 0 N–H and O–H groups in total. The Morgan fingerprint density at radius 2 is 1.94 bits per heavy atom. The van der Waals surface area contributed by atoms with Crippen molar-refractivity contribution in [3.8, 4) is 0 Å². The Kier molecular flexibility index (Phi) is 5.81. The molecular weight excluding hydrogens is 266 g/mol. The summed E-state index contributed by atoms with van der Waals surface area (Å²) in [5.74, 6) is 1.32. The highest BCUT2D eigenvalue weighted by Crippen LogP contribution is 2.26. The second-order valence-corrected chi connectivity index (χ2v) is 6.47. The molecule has 16 heavy (non-hydrogen) atoms. The average Bonchev–Trinajstić information content (AvgIpc) is 2.28. The highest BCUT2D eigenvalue weighted by atomic mass is 79.9. The maximum atomic E-state index is 12.1. The highest BCUT2D eigenvalue weighted by molar-refractivity contribution is 9.09. The molecule has 0 aromatic rings. The van der Waals surface area contributed by atoms with E-state index in [2.05, 4.69) is 41.6 Å². The fourth-order valence-electron chi connectivity index (χ4n) is 2.45. The summed E-state index contributed by atoms with van der Waals surface area (Å²) in [6.07, 6.45) is 4.42. The van der Waals surface area contributed by atoms with Crippen molar-refractivity contribution >= 4 is 21.8 Å². The summed E-state index contributed by atoms with van der Waals surface area (Å²) in [5, 5.41) is 0. The number of likely N-dealkylation sites (tertiary alicyclic amines) is 1. The van der Waals surface area contributed by atoms with Gasteiger partial charge >= 0.3 is 0 Å². The standard InChI is InChI=1S/C13H24BrNO/c1-4-5-10(2)13(16)15-8-6-12(7-9-15)11(3)14/h10-12H,4-9H2,1-3H3. The third-order valence-electron chi connectivity index (χ3n) is 3.64. The maximum absolute atomic E-state index is 12.1.